The van der Waals surface area contributed by atoms with Crippen molar-refractivity contribution in [3.8, 4) is 11.5 Å². The molecule has 25 heavy (non-hydrogen) atoms. The molecule has 0 aliphatic carbocycles. The third kappa shape index (κ3) is 3.61. The molecule has 0 spiro atoms. The van der Waals surface area contributed by atoms with Gasteiger partial charge in [0.05, 0.1) is 10.7 Å². The van der Waals surface area contributed by atoms with Crippen molar-refractivity contribution < 1.29 is 22.4 Å². The molecule has 0 fully saturated rings. The Balaban J connectivity index is 1.98. The summed E-state index contributed by atoms with van der Waals surface area (Å²) >= 11 is 5.86. The normalized spacial score (nSPS) is 11.7. The molecular weight excluding hydrogens is 357 g/mol. The summed E-state index contributed by atoms with van der Waals surface area (Å²) in [5.74, 6) is -1.88. The van der Waals surface area contributed by atoms with Gasteiger partial charge in [-0.3, -0.25) is 4.79 Å². The molecule has 0 atom stereocenters. The number of carbonyl (C=O) groups is 1. The van der Waals surface area contributed by atoms with E-state index >= 15 is 0 Å². The van der Waals surface area contributed by atoms with Crippen LogP contribution in [0, 0.1) is 0 Å². The monoisotopic (exact) mass is 368 g/mol. The molecule has 3 aromatic rings. The van der Waals surface area contributed by atoms with E-state index in [4.69, 9.17) is 16.0 Å². The van der Waals surface area contributed by atoms with E-state index in [0.717, 1.165) is 12.0 Å². The van der Waals surface area contributed by atoms with E-state index in [2.05, 4.69) is 4.98 Å². The van der Waals surface area contributed by atoms with Crippen molar-refractivity contribution in [1.29, 1.82) is 0 Å². The number of halogens is 4. The summed E-state index contributed by atoms with van der Waals surface area (Å²) in [6.07, 6.45) is -4.17. The molecule has 1 aromatic heterocycles. The number of nitrogens with zero attached hydrogens (tertiary/aromatic N) is 1. The molecule has 0 aliphatic rings. The van der Waals surface area contributed by atoms with Crippen molar-refractivity contribution in [1.82, 2.24) is 4.98 Å². The minimum Gasteiger partial charge on any atom is -0.436 e. The smallest absolute Gasteiger partial charge is 0.436 e. The molecule has 4 nitrogen and oxygen atoms in total. The number of aryl methyl sites for hydroxylation is 1. The number of amides is 1. The van der Waals surface area contributed by atoms with Crippen LogP contribution in [0.15, 0.2) is 40.8 Å². The predicted molar refractivity (Wildman–Crippen MR) is 88.5 cm³/mol. The first-order chi connectivity index (χ1) is 11.8. The van der Waals surface area contributed by atoms with Gasteiger partial charge in [-0.2, -0.15) is 13.2 Å². The number of nitrogens with one attached hydrogen (secondary N) is 1. The molecule has 0 aliphatic heterocycles. The average molecular weight is 369 g/mol. The van der Waals surface area contributed by atoms with Crippen LogP contribution in [-0.4, -0.2) is 17.1 Å². The Kier molecular flexibility index (Phi) is 4.43. The maximum atomic E-state index is 12.4. The minimum atomic E-state index is -5.01. The number of hydrogen-bond acceptors (Lipinski definition) is 3. The van der Waals surface area contributed by atoms with Crippen molar-refractivity contribution in [3.63, 3.8) is 0 Å². The highest BCUT2D eigenvalue weighted by Gasteiger charge is 2.39. The summed E-state index contributed by atoms with van der Waals surface area (Å²) in [6, 6.07) is 9.79. The SMILES string of the molecule is CCc1ccc2oc(-c3ccc(Cl)c(NC(=O)C(F)(F)F)c3)nc2c1. The number of benzene rings is 2. The van der Waals surface area contributed by atoms with Gasteiger partial charge in [-0.05, 0) is 42.3 Å². The second-order valence-electron chi connectivity index (χ2n) is 5.32. The highest BCUT2D eigenvalue weighted by molar-refractivity contribution is 6.33. The molecule has 0 saturated carbocycles. The maximum Gasteiger partial charge on any atom is 0.471 e. The van der Waals surface area contributed by atoms with Crippen molar-refractivity contribution >= 4 is 34.3 Å². The first-order valence-corrected chi connectivity index (χ1v) is 7.73. The highest BCUT2D eigenvalue weighted by atomic mass is 35.5. The fraction of sp³-hybridized carbons (Fsp3) is 0.176. The van der Waals surface area contributed by atoms with Gasteiger partial charge < -0.3 is 9.73 Å². The molecule has 2 aromatic carbocycles. The lowest BCUT2D eigenvalue weighted by Crippen LogP contribution is -2.30. The van der Waals surface area contributed by atoms with E-state index in [9.17, 15) is 18.0 Å². The second kappa shape index (κ2) is 6.40. The average Bonchev–Trinajstić information content (AvgIpc) is 2.98. The molecule has 0 radical (unpaired) electrons. The minimum absolute atomic E-state index is 0.0225. The van der Waals surface area contributed by atoms with Gasteiger partial charge in [0.25, 0.3) is 0 Å². The molecule has 130 valence electrons. The first kappa shape index (κ1) is 17.3. The number of hydrogen-bond donors (Lipinski definition) is 1. The van der Waals surface area contributed by atoms with Gasteiger partial charge in [0.15, 0.2) is 5.58 Å². The molecule has 1 N–H and O–H groups in total. The van der Waals surface area contributed by atoms with Crippen molar-refractivity contribution in [2.24, 2.45) is 0 Å². The third-order valence-corrected chi connectivity index (χ3v) is 3.91. The number of carbonyl (C=O) groups excluding carboxylic acids is 1. The van der Waals surface area contributed by atoms with Crippen LogP contribution in [0.25, 0.3) is 22.6 Å². The fourth-order valence-corrected chi connectivity index (χ4v) is 2.43. The number of aromatic nitrogens is 1. The van der Waals surface area contributed by atoms with E-state index in [1.54, 1.807) is 17.4 Å². The second-order valence-corrected chi connectivity index (χ2v) is 5.73. The first-order valence-electron chi connectivity index (χ1n) is 7.35. The zero-order chi connectivity index (χ0) is 18.2. The van der Waals surface area contributed by atoms with E-state index in [1.807, 2.05) is 19.1 Å². The Morgan fingerprint density at radius 3 is 2.68 bits per heavy atom. The van der Waals surface area contributed by atoms with E-state index in [-0.39, 0.29) is 16.6 Å². The lowest BCUT2D eigenvalue weighted by atomic mass is 10.1. The van der Waals surface area contributed by atoms with Crippen LogP contribution in [0.4, 0.5) is 18.9 Å². The van der Waals surface area contributed by atoms with E-state index in [0.29, 0.717) is 16.7 Å². The van der Waals surface area contributed by atoms with Gasteiger partial charge in [0, 0.05) is 5.56 Å². The largest absolute Gasteiger partial charge is 0.471 e. The zero-order valence-electron chi connectivity index (χ0n) is 12.9. The Bertz CT molecular complexity index is 951. The van der Waals surface area contributed by atoms with Crippen LogP contribution in [0.2, 0.25) is 5.02 Å². The van der Waals surface area contributed by atoms with Gasteiger partial charge >= 0.3 is 12.1 Å². The van der Waals surface area contributed by atoms with Crippen LogP contribution in [0.1, 0.15) is 12.5 Å². The Morgan fingerprint density at radius 2 is 2.00 bits per heavy atom. The van der Waals surface area contributed by atoms with Crippen LogP contribution in [0.5, 0.6) is 0 Å². The maximum absolute atomic E-state index is 12.4. The highest BCUT2D eigenvalue weighted by Crippen LogP contribution is 2.31. The van der Waals surface area contributed by atoms with Gasteiger partial charge in [-0.1, -0.05) is 24.6 Å². The van der Waals surface area contributed by atoms with Crippen LogP contribution >= 0.6 is 11.6 Å². The molecule has 1 amide bonds. The molecule has 1 heterocycles. The summed E-state index contributed by atoms with van der Waals surface area (Å²) in [4.78, 5) is 15.5. The number of anilines is 1. The van der Waals surface area contributed by atoms with Gasteiger partial charge in [0.1, 0.15) is 5.52 Å². The van der Waals surface area contributed by atoms with Crippen molar-refractivity contribution in [2.45, 2.75) is 19.5 Å². The van der Waals surface area contributed by atoms with Gasteiger partial charge in [0.2, 0.25) is 5.89 Å². The van der Waals surface area contributed by atoms with Gasteiger partial charge in [-0.25, -0.2) is 4.98 Å². The van der Waals surface area contributed by atoms with Crippen molar-refractivity contribution in [3.05, 3.63) is 47.0 Å². The Hall–Kier alpha value is -2.54. The zero-order valence-corrected chi connectivity index (χ0v) is 13.7. The number of alkyl halides is 3. The quantitative estimate of drug-likeness (QED) is 0.690. The van der Waals surface area contributed by atoms with Crippen LogP contribution in [0.3, 0.4) is 0 Å². The molecule has 0 bridgehead atoms. The van der Waals surface area contributed by atoms with Gasteiger partial charge in [-0.15, -0.1) is 0 Å². The lowest BCUT2D eigenvalue weighted by Gasteiger charge is -2.10. The van der Waals surface area contributed by atoms with E-state index < -0.39 is 12.1 Å². The standard InChI is InChI=1S/C17H12ClF3N2O2/c1-2-9-3-6-14-13(7-9)22-15(25-14)10-4-5-11(18)12(8-10)23-16(24)17(19,20)21/h3-8H,2H2,1H3,(H,23,24). The third-order valence-electron chi connectivity index (χ3n) is 3.58. The predicted octanol–water partition coefficient (Wildman–Crippen LogP) is 5.21. The van der Waals surface area contributed by atoms with E-state index in [1.165, 1.54) is 12.1 Å². The van der Waals surface area contributed by atoms with Crippen LogP contribution in [-0.2, 0) is 11.2 Å². The summed E-state index contributed by atoms with van der Waals surface area (Å²) in [5.41, 5.74) is 2.52. The molecule has 8 heteroatoms. The molecule has 0 unspecified atom stereocenters. The number of fused-ring (bicyclic) bond motifs is 1. The molecular formula is C17H12ClF3N2O2. The fourth-order valence-electron chi connectivity index (χ4n) is 2.26. The Morgan fingerprint density at radius 1 is 1.24 bits per heavy atom. The summed E-state index contributed by atoms with van der Waals surface area (Å²) in [5, 5.41) is 1.72. The topological polar surface area (TPSA) is 55.1 Å². The van der Waals surface area contributed by atoms with Crippen LogP contribution < -0.4 is 5.32 Å². The lowest BCUT2D eigenvalue weighted by molar-refractivity contribution is -0.167. The summed E-state index contributed by atoms with van der Waals surface area (Å²) in [7, 11) is 0. The molecule has 3 rings (SSSR count). The Labute approximate surface area is 145 Å². The summed E-state index contributed by atoms with van der Waals surface area (Å²) < 4.78 is 42.9. The number of oxazole rings is 1. The summed E-state index contributed by atoms with van der Waals surface area (Å²) in [6.45, 7) is 2.01. The number of rotatable bonds is 3. The molecule has 0 saturated heterocycles. The van der Waals surface area contributed by atoms with Crippen molar-refractivity contribution in [2.75, 3.05) is 5.32 Å².